The van der Waals surface area contributed by atoms with E-state index >= 15 is 0 Å². The van der Waals surface area contributed by atoms with Crippen LogP contribution in [0.5, 0.6) is 0 Å². The van der Waals surface area contributed by atoms with E-state index in [1.165, 1.54) is 0 Å². The van der Waals surface area contributed by atoms with E-state index in [4.69, 9.17) is 28.1 Å². The van der Waals surface area contributed by atoms with E-state index in [0.29, 0.717) is 0 Å². The molecule has 0 saturated carbocycles. The van der Waals surface area contributed by atoms with Gasteiger partial charge in [0.1, 0.15) is 0 Å². The predicted octanol–water partition coefficient (Wildman–Crippen LogP) is -4.35. The maximum absolute atomic E-state index is 8.74. The van der Waals surface area contributed by atoms with Crippen molar-refractivity contribution in [3.05, 3.63) is 0 Å². The first-order chi connectivity index (χ1) is 3.46. The van der Waals surface area contributed by atoms with Crippen molar-refractivity contribution in [2.24, 2.45) is 0 Å². The Morgan fingerprint density at radius 2 is 0.615 bits per heavy atom. The van der Waals surface area contributed by atoms with Crippen LogP contribution >= 0.6 is 0 Å². The molecule has 0 aromatic rings. The summed E-state index contributed by atoms with van der Waals surface area (Å²) in [7, 11) is -6.26. The fourth-order valence-electron chi connectivity index (χ4n) is 0. The number of hydrogen-bond donors (Lipinski definition) is 4. The Hall–Kier alpha value is 0.179. The zero-order chi connectivity index (χ0) is 7.15. The third-order valence-corrected chi connectivity index (χ3v) is 0. The van der Waals surface area contributed by atoms with Crippen LogP contribution in [-0.4, -0.2) is 72.2 Å². The summed E-state index contributed by atoms with van der Waals surface area (Å²) in [6.45, 7) is 0. The van der Waals surface area contributed by atoms with E-state index in [2.05, 4.69) is 0 Å². The smallest absolute Gasteiger partial charge is 2.00 e. The molecule has 0 fully saturated rings. The molecule has 0 amide bonds. The van der Waals surface area contributed by atoms with Crippen molar-refractivity contribution >= 4 is 53.1 Å². The average molecular weight is 258 g/mol. The molecular formula is H4Al2O9Si2. The standard InChI is InChI=1S/2Al.2H2O3Si.3O/c;;2*1-4(2)3;;;/h;;2*1-2H;;;/q2*+3;;;3*-2. The maximum Gasteiger partial charge on any atom is 3.00 e. The topological polar surface area (TPSA) is 201 Å². The van der Waals surface area contributed by atoms with Gasteiger partial charge in [0.05, 0.1) is 0 Å². The molecule has 0 unspecified atom stereocenters. The minimum atomic E-state index is -3.13. The zero-order valence-electron chi connectivity index (χ0n) is 5.98. The van der Waals surface area contributed by atoms with Crippen molar-refractivity contribution < 1.29 is 44.5 Å². The van der Waals surface area contributed by atoms with Crippen molar-refractivity contribution in [1.82, 2.24) is 0 Å². The second kappa shape index (κ2) is 39.9. The Morgan fingerprint density at radius 3 is 0.615 bits per heavy atom. The first kappa shape index (κ1) is 51.2. The van der Waals surface area contributed by atoms with Crippen molar-refractivity contribution in [2.45, 2.75) is 0 Å². The summed E-state index contributed by atoms with van der Waals surface area (Å²) in [6, 6.07) is 0. The molecule has 0 aliphatic heterocycles. The van der Waals surface area contributed by atoms with E-state index in [1.54, 1.807) is 0 Å². The van der Waals surface area contributed by atoms with Gasteiger partial charge in [-0.2, -0.15) is 0 Å². The molecule has 0 aliphatic carbocycles. The van der Waals surface area contributed by atoms with Gasteiger partial charge in [0.25, 0.3) is 0 Å². The van der Waals surface area contributed by atoms with Crippen LogP contribution in [0.25, 0.3) is 0 Å². The Balaban J connectivity index is -0.00000000800. The largest absolute Gasteiger partial charge is 3.00 e. The van der Waals surface area contributed by atoms with Gasteiger partial charge in [0.15, 0.2) is 0 Å². The molecule has 4 N–H and O–H groups in total. The Morgan fingerprint density at radius 1 is 0.615 bits per heavy atom. The minimum Gasteiger partial charge on any atom is -2.00 e. The molecule has 0 rings (SSSR count). The average Bonchev–Trinajstić information content (AvgIpc) is 1.25. The van der Waals surface area contributed by atoms with Crippen LogP contribution in [0, 0.1) is 0 Å². The maximum atomic E-state index is 8.74. The van der Waals surface area contributed by atoms with Crippen molar-refractivity contribution in [2.75, 3.05) is 0 Å². The van der Waals surface area contributed by atoms with E-state index in [-0.39, 0.29) is 51.2 Å². The monoisotopic (exact) mass is 258 g/mol. The summed E-state index contributed by atoms with van der Waals surface area (Å²) >= 11 is 0. The molecule has 0 heterocycles. The number of hydrogen-bond acceptors (Lipinski definition) is 2. The molecular weight excluding hydrogens is 254 g/mol. The van der Waals surface area contributed by atoms with Crippen molar-refractivity contribution in [3.8, 4) is 0 Å². The van der Waals surface area contributed by atoms with Crippen LogP contribution in [0.15, 0.2) is 0 Å². The summed E-state index contributed by atoms with van der Waals surface area (Å²) in [5.74, 6) is 0. The molecule has 13 heavy (non-hydrogen) atoms. The molecule has 0 aromatic carbocycles. The van der Waals surface area contributed by atoms with E-state index in [9.17, 15) is 0 Å². The number of rotatable bonds is 0. The predicted molar refractivity (Wildman–Crippen MR) is 35.3 cm³/mol. The summed E-state index contributed by atoms with van der Waals surface area (Å²) < 4.78 is 17.5. The Kier molecular flexibility index (Phi) is 157. The molecule has 9 nitrogen and oxygen atoms in total. The fraction of sp³-hybridized carbons (Fsp3) is 0. The fourth-order valence-corrected chi connectivity index (χ4v) is 0. The minimum absolute atomic E-state index is 0. The molecule has 0 radical (unpaired) electrons. The molecule has 0 saturated heterocycles. The van der Waals surface area contributed by atoms with Gasteiger partial charge in [-0.25, -0.2) is 0 Å². The van der Waals surface area contributed by atoms with Crippen LogP contribution in [-0.2, 0) is 25.4 Å². The normalized spacial score (nSPS) is 3.69. The SMILES string of the molecule is O=[Si](O)O.O=[Si](O)O.[Al+3].[Al+3].[O-2].[O-2].[O-2]. The third-order valence-electron chi connectivity index (χ3n) is 0. The second-order valence-electron chi connectivity index (χ2n) is 0.565. The van der Waals surface area contributed by atoms with Gasteiger partial charge >= 0.3 is 53.1 Å². The van der Waals surface area contributed by atoms with Gasteiger partial charge in [-0.3, -0.25) is 8.92 Å². The van der Waals surface area contributed by atoms with E-state index in [0.717, 1.165) is 0 Å². The van der Waals surface area contributed by atoms with Gasteiger partial charge in [-0.15, -0.1) is 0 Å². The van der Waals surface area contributed by atoms with Gasteiger partial charge < -0.3 is 35.6 Å². The molecule has 0 aliphatic rings. The summed E-state index contributed by atoms with van der Waals surface area (Å²) in [4.78, 5) is 28.6. The summed E-state index contributed by atoms with van der Waals surface area (Å²) in [5, 5.41) is 0. The molecule has 0 aromatic heterocycles. The van der Waals surface area contributed by atoms with Gasteiger partial charge in [0.2, 0.25) is 0 Å². The first-order valence-corrected chi connectivity index (χ1v) is 3.91. The molecule has 0 atom stereocenters. The first-order valence-electron chi connectivity index (χ1n) is 1.30. The zero-order valence-corrected chi connectivity index (χ0v) is 10.3. The Labute approximate surface area is 97.6 Å². The van der Waals surface area contributed by atoms with Crippen molar-refractivity contribution in [3.63, 3.8) is 0 Å². The van der Waals surface area contributed by atoms with E-state index < -0.39 is 18.3 Å². The summed E-state index contributed by atoms with van der Waals surface area (Å²) in [5.41, 5.74) is 0. The molecule has 72 valence electrons. The summed E-state index contributed by atoms with van der Waals surface area (Å²) in [6.07, 6.45) is 0. The molecule has 0 spiro atoms. The second-order valence-corrected chi connectivity index (χ2v) is 1.70. The van der Waals surface area contributed by atoms with Gasteiger partial charge in [-0.05, 0) is 0 Å². The van der Waals surface area contributed by atoms with Crippen LogP contribution in [0.2, 0.25) is 0 Å². The molecule has 0 bridgehead atoms. The van der Waals surface area contributed by atoms with Gasteiger partial charge in [0, 0.05) is 0 Å². The van der Waals surface area contributed by atoms with Crippen LogP contribution < -0.4 is 0 Å². The third kappa shape index (κ3) is 39500. The van der Waals surface area contributed by atoms with Crippen molar-refractivity contribution in [1.29, 1.82) is 0 Å². The van der Waals surface area contributed by atoms with Crippen LogP contribution in [0.4, 0.5) is 0 Å². The van der Waals surface area contributed by atoms with E-state index in [1.807, 2.05) is 0 Å². The Bertz CT molecular complexity index is 73.6. The molecule has 13 heteroatoms. The van der Waals surface area contributed by atoms with Gasteiger partial charge in [-0.1, -0.05) is 0 Å². The van der Waals surface area contributed by atoms with Crippen LogP contribution in [0.3, 0.4) is 0 Å². The van der Waals surface area contributed by atoms with Crippen LogP contribution in [0.1, 0.15) is 0 Å². The quantitative estimate of drug-likeness (QED) is 0.316.